The van der Waals surface area contributed by atoms with Crippen LogP contribution in [0.25, 0.3) is 0 Å². The Hall–Kier alpha value is -1.41. The fraction of sp³-hybridized carbons (Fsp3) is 0.600. The topological polar surface area (TPSA) is 87.6 Å². The summed E-state index contributed by atoms with van der Waals surface area (Å²) in [5.74, 6) is 0.723. The number of hydrogen-bond acceptors (Lipinski definition) is 7. The minimum Gasteiger partial charge on any atom is -0.481 e. The lowest BCUT2D eigenvalue weighted by atomic mass is 10.5. The van der Waals surface area contributed by atoms with Gasteiger partial charge in [0.15, 0.2) is 5.82 Å². The summed E-state index contributed by atoms with van der Waals surface area (Å²) in [6.07, 6.45) is 0.491. The summed E-state index contributed by atoms with van der Waals surface area (Å²) in [7, 11) is -0.641. The van der Waals surface area contributed by atoms with Crippen LogP contribution in [0.3, 0.4) is 0 Å². The molecule has 1 aromatic rings. The van der Waals surface area contributed by atoms with Crippen molar-refractivity contribution in [3.8, 4) is 11.8 Å². The Balaban J connectivity index is 2.78. The predicted molar refractivity (Wildman–Crippen MR) is 64.0 cm³/mol. The van der Waals surface area contributed by atoms with Crippen LogP contribution in [0.2, 0.25) is 0 Å². The van der Waals surface area contributed by atoms with Crippen molar-refractivity contribution < 1.29 is 22.1 Å². The third kappa shape index (κ3) is 4.46. The molecule has 0 aliphatic carbocycles. The molecule has 0 saturated heterocycles. The zero-order valence-electron chi connectivity index (χ0n) is 10.5. The molecule has 18 heavy (non-hydrogen) atoms. The van der Waals surface area contributed by atoms with Crippen LogP contribution in [0, 0.1) is 0 Å². The molecule has 0 spiro atoms. The van der Waals surface area contributed by atoms with Crippen molar-refractivity contribution in [2.75, 3.05) is 20.0 Å². The largest absolute Gasteiger partial charge is 0.481 e. The van der Waals surface area contributed by atoms with E-state index in [0.29, 0.717) is 6.42 Å². The SMILES string of the molecule is CCCS(=O)(=O)OCc1nc(OC)cc(OC)n1. The highest BCUT2D eigenvalue weighted by Crippen LogP contribution is 2.15. The molecule has 1 heterocycles. The fourth-order valence-corrected chi connectivity index (χ4v) is 2.08. The standard InChI is InChI=1S/C10H16N2O5S/c1-4-5-18(13,14)17-7-8-11-9(15-2)6-10(12-8)16-3/h6H,4-5,7H2,1-3H3. The van der Waals surface area contributed by atoms with Crippen LogP contribution >= 0.6 is 0 Å². The molecular formula is C10H16N2O5S. The van der Waals surface area contributed by atoms with Gasteiger partial charge < -0.3 is 9.47 Å². The van der Waals surface area contributed by atoms with Gasteiger partial charge in [-0.3, -0.25) is 4.18 Å². The molecule has 0 fully saturated rings. The number of rotatable bonds is 7. The van der Waals surface area contributed by atoms with Crippen molar-refractivity contribution in [2.24, 2.45) is 0 Å². The van der Waals surface area contributed by atoms with Crippen LogP contribution in [0.4, 0.5) is 0 Å². The highest BCUT2D eigenvalue weighted by atomic mass is 32.2. The minimum atomic E-state index is -3.53. The van der Waals surface area contributed by atoms with Crippen molar-refractivity contribution >= 4 is 10.1 Å². The van der Waals surface area contributed by atoms with Crippen molar-refractivity contribution in [3.05, 3.63) is 11.9 Å². The first-order chi connectivity index (χ1) is 8.50. The second-order valence-corrected chi connectivity index (χ2v) is 5.15. The molecule has 0 saturated carbocycles. The van der Waals surface area contributed by atoms with E-state index in [-0.39, 0.29) is 29.9 Å². The maximum Gasteiger partial charge on any atom is 0.267 e. The molecule has 0 aromatic carbocycles. The third-order valence-electron chi connectivity index (χ3n) is 1.97. The highest BCUT2D eigenvalue weighted by molar-refractivity contribution is 7.86. The Kier molecular flexibility index (Phi) is 5.29. The molecule has 0 aliphatic heterocycles. The molecule has 1 aromatic heterocycles. The minimum absolute atomic E-state index is 0.0336. The molecule has 8 heteroatoms. The van der Waals surface area contributed by atoms with Gasteiger partial charge in [-0.2, -0.15) is 18.4 Å². The van der Waals surface area contributed by atoms with Crippen molar-refractivity contribution in [2.45, 2.75) is 20.0 Å². The summed E-state index contributed by atoms with van der Waals surface area (Å²) in [6, 6.07) is 1.49. The van der Waals surface area contributed by atoms with E-state index in [9.17, 15) is 8.42 Å². The maximum absolute atomic E-state index is 11.4. The van der Waals surface area contributed by atoms with Gasteiger partial charge in [-0.1, -0.05) is 6.92 Å². The van der Waals surface area contributed by atoms with Gasteiger partial charge in [-0.25, -0.2) is 0 Å². The van der Waals surface area contributed by atoms with Gasteiger partial charge in [-0.15, -0.1) is 0 Å². The summed E-state index contributed by atoms with van der Waals surface area (Å²) in [5, 5.41) is 0. The van der Waals surface area contributed by atoms with E-state index in [1.54, 1.807) is 6.92 Å². The molecule has 0 atom stereocenters. The van der Waals surface area contributed by atoms with Gasteiger partial charge in [0, 0.05) is 0 Å². The second kappa shape index (κ2) is 6.50. The number of nitrogens with zero attached hydrogens (tertiary/aromatic N) is 2. The summed E-state index contributed by atoms with van der Waals surface area (Å²) < 4.78 is 37.4. The molecule has 0 bridgehead atoms. The Morgan fingerprint density at radius 2 is 1.72 bits per heavy atom. The summed E-state index contributed by atoms with van der Waals surface area (Å²) in [4.78, 5) is 7.92. The summed E-state index contributed by atoms with van der Waals surface area (Å²) >= 11 is 0. The maximum atomic E-state index is 11.4. The van der Waals surface area contributed by atoms with Gasteiger partial charge in [-0.05, 0) is 6.42 Å². The van der Waals surface area contributed by atoms with Crippen LogP contribution in [0.5, 0.6) is 11.8 Å². The molecule has 0 N–H and O–H groups in total. The number of methoxy groups -OCH3 is 2. The summed E-state index contributed by atoms with van der Waals surface area (Å²) in [6.45, 7) is 1.52. The lowest BCUT2D eigenvalue weighted by Crippen LogP contribution is -2.11. The van der Waals surface area contributed by atoms with E-state index in [1.807, 2.05) is 0 Å². The highest BCUT2D eigenvalue weighted by Gasteiger charge is 2.12. The molecule has 0 aliphatic rings. The van der Waals surface area contributed by atoms with Crippen LogP contribution in [-0.4, -0.2) is 38.4 Å². The third-order valence-corrected chi connectivity index (χ3v) is 3.35. The lowest BCUT2D eigenvalue weighted by molar-refractivity contribution is 0.290. The Bertz CT molecular complexity index is 467. The smallest absolute Gasteiger partial charge is 0.267 e. The Morgan fingerprint density at radius 3 is 2.17 bits per heavy atom. The van der Waals surface area contributed by atoms with Gasteiger partial charge in [0.1, 0.15) is 6.61 Å². The first-order valence-corrected chi connectivity index (χ1v) is 6.91. The van der Waals surface area contributed by atoms with E-state index in [1.165, 1.54) is 20.3 Å². The lowest BCUT2D eigenvalue weighted by Gasteiger charge is -2.07. The Morgan fingerprint density at radius 1 is 1.17 bits per heavy atom. The van der Waals surface area contributed by atoms with Crippen molar-refractivity contribution in [3.63, 3.8) is 0 Å². The quantitative estimate of drug-likeness (QED) is 0.679. The normalized spacial score (nSPS) is 11.3. The van der Waals surface area contributed by atoms with E-state index in [0.717, 1.165) is 0 Å². The molecule has 102 valence electrons. The molecule has 7 nitrogen and oxygen atoms in total. The summed E-state index contributed by atoms with van der Waals surface area (Å²) in [5.41, 5.74) is 0. The predicted octanol–water partition coefficient (Wildman–Crippen LogP) is 0.750. The second-order valence-electron chi connectivity index (χ2n) is 3.39. The molecule has 0 amide bonds. The molecule has 0 unspecified atom stereocenters. The van der Waals surface area contributed by atoms with Gasteiger partial charge in [0.05, 0.1) is 26.0 Å². The average Bonchev–Trinajstić information content (AvgIpc) is 2.36. The number of hydrogen-bond donors (Lipinski definition) is 0. The molecule has 0 radical (unpaired) electrons. The Labute approximate surface area is 106 Å². The van der Waals surface area contributed by atoms with E-state index < -0.39 is 10.1 Å². The van der Waals surface area contributed by atoms with Gasteiger partial charge in [0.2, 0.25) is 11.8 Å². The number of ether oxygens (including phenoxy) is 2. The first kappa shape index (κ1) is 14.7. The van der Waals surface area contributed by atoms with Crippen LogP contribution in [0.15, 0.2) is 6.07 Å². The van der Waals surface area contributed by atoms with Gasteiger partial charge >= 0.3 is 0 Å². The van der Waals surface area contributed by atoms with E-state index in [4.69, 9.17) is 13.7 Å². The van der Waals surface area contributed by atoms with Crippen LogP contribution < -0.4 is 9.47 Å². The van der Waals surface area contributed by atoms with Gasteiger partial charge in [0.25, 0.3) is 10.1 Å². The first-order valence-electron chi connectivity index (χ1n) is 5.33. The fourth-order valence-electron chi connectivity index (χ4n) is 1.17. The number of aromatic nitrogens is 2. The zero-order chi connectivity index (χ0) is 13.6. The van der Waals surface area contributed by atoms with E-state index in [2.05, 4.69) is 9.97 Å². The van der Waals surface area contributed by atoms with Crippen LogP contribution in [0.1, 0.15) is 19.2 Å². The monoisotopic (exact) mass is 276 g/mol. The average molecular weight is 276 g/mol. The zero-order valence-corrected chi connectivity index (χ0v) is 11.4. The van der Waals surface area contributed by atoms with Crippen molar-refractivity contribution in [1.82, 2.24) is 9.97 Å². The molecular weight excluding hydrogens is 260 g/mol. The van der Waals surface area contributed by atoms with Crippen LogP contribution in [-0.2, 0) is 20.9 Å². The molecule has 1 rings (SSSR count). The van der Waals surface area contributed by atoms with E-state index >= 15 is 0 Å². The van der Waals surface area contributed by atoms with Crippen molar-refractivity contribution in [1.29, 1.82) is 0 Å².